The van der Waals surface area contributed by atoms with Crippen LogP contribution in [0.2, 0.25) is 0 Å². The molecule has 1 aromatic rings. The van der Waals surface area contributed by atoms with Gasteiger partial charge >= 0.3 is 25.4 Å². The molecular formula is C7H5F3I+. The van der Waals surface area contributed by atoms with Crippen molar-refractivity contribution in [3.63, 3.8) is 0 Å². The van der Waals surface area contributed by atoms with Crippen LogP contribution in [0.25, 0.3) is 0 Å². The molecule has 0 aliphatic heterocycles. The predicted molar refractivity (Wildman–Crippen MR) is 31.2 cm³/mol. The predicted octanol–water partition coefficient (Wildman–Crippen LogP) is -0.535. The molecule has 0 fully saturated rings. The van der Waals surface area contributed by atoms with E-state index in [-0.39, 0.29) is 0 Å². The van der Waals surface area contributed by atoms with Gasteiger partial charge in [0.15, 0.2) is 3.57 Å². The lowest BCUT2D eigenvalue weighted by Gasteiger charge is -1.87. The fraction of sp³-hybridized carbons (Fsp3) is 0.143. The molecule has 4 heteroatoms. The molecule has 0 saturated heterocycles. The van der Waals surface area contributed by atoms with Gasteiger partial charge in [0.1, 0.15) is 0 Å². The van der Waals surface area contributed by atoms with Gasteiger partial charge in [-0.05, 0) is 12.1 Å². The van der Waals surface area contributed by atoms with Gasteiger partial charge in [-0.15, -0.1) is 13.2 Å². The first-order valence-electron chi connectivity index (χ1n) is 2.86. The lowest BCUT2D eigenvalue weighted by molar-refractivity contribution is -0.793. The summed E-state index contributed by atoms with van der Waals surface area (Å²) in [5.74, 6) is 0. The fourth-order valence-corrected chi connectivity index (χ4v) is 2.08. The number of benzene rings is 1. The SMILES string of the molecule is FC(F)(F)[I+]c1ccccc1. The average molecular weight is 273 g/mol. The first-order chi connectivity index (χ1) is 5.08. The molecule has 0 N–H and O–H groups in total. The molecule has 0 radical (unpaired) electrons. The number of hydrogen-bond donors (Lipinski definition) is 0. The van der Waals surface area contributed by atoms with E-state index < -0.39 is 25.4 Å². The molecule has 1 aromatic carbocycles. The molecule has 0 saturated carbocycles. The van der Waals surface area contributed by atoms with Gasteiger partial charge in [-0.3, -0.25) is 0 Å². The van der Waals surface area contributed by atoms with Crippen molar-refractivity contribution in [3.05, 3.63) is 33.9 Å². The van der Waals surface area contributed by atoms with Gasteiger partial charge in [0.05, 0.1) is 0 Å². The number of rotatable bonds is 1. The minimum absolute atomic E-state index is 0.416. The second-order valence-corrected chi connectivity index (χ2v) is 4.83. The Morgan fingerprint density at radius 3 is 2.00 bits per heavy atom. The Kier molecular flexibility index (Phi) is 2.75. The summed E-state index contributed by atoms with van der Waals surface area (Å²) in [4.78, 5) is 0. The van der Waals surface area contributed by atoms with Crippen molar-refractivity contribution < 1.29 is 34.4 Å². The normalized spacial score (nSPS) is 11.5. The van der Waals surface area contributed by atoms with Crippen LogP contribution in [0.15, 0.2) is 30.3 Å². The van der Waals surface area contributed by atoms with Crippen LogP contribution in [0.1, 0.15) is 0 Å². The zero-order valence-corrected chi connectivity index (χ0v) is 7.56. The van der Waals surface area contributed by atoms with Crippen molar-refractivity contribution in [2.24, 2.45) is 0 Å². The summed E-state index contributed by atoms with van der Waals surface area (Å²) in [7, 11) is 0. The van der Waals surface area contributed by atoms with Gasteiger partial charge < -0.3 is 0 Å². The maximum atomic E-state index is 11.8. The first kappa shape index (κ1) is 8.83. The summed E-state index contributed by atoms with van der Waals surface area (Å²) in [6.45, 7) is 0. The van der Waals surface area contributed by atoms with Gasteiger partial charge in [-0.1, -0.05) is 18.2 Å². The van der Waals surface area contributed by atoms with E-state index in [1.54, 1.807) is 18.2 Å². The highest BCUT2D eigenvalue weighted by Crippen LogP contribution is 1.98. The molecule has 1 rings (SSSR count). The molecule has 0 aliphatic rings. The minimum Gasteiger partial charge on any atom is -0.125 e. The largest absolute Gasteiger partial charge is 0.609 e. The van der Waals surface area contributed by atoms with Crippen LogP contribution < -0.4 is 21.2 Å². The number of alkyl halides is 4. The number of hydrogen-bond acceptors (Lipinski definition) is 0. The highest BCUT2D eigenvalue weighted by molar-refractivity contribution is 4.98. The zero-order valence-electron chi connectivity index (χ0n) is 5.40. The summed E-state index contributed by atoms with van der Waals surface area (Å²) in [5.41, 5.74) is 0. The maximum absolute atomic E-state index is 11.8. The van der Waals surface area contributed by atoms with Crippen molar-refractivity contribution in [3.8, 4) is 0 Å². The Hall–Kier alpha value is -0.260. The van der Waals surface area contributed by atoms with E-state index in [1.807, 2.05) is 0 Å². The summed E-state index contributed by atoms with van der Waals surface area (Å²) in [6, 6.07) is 7.99. The highest BCUT2D eigenvalue weighted by atomic mass is 127. The van der Waals surface area contributed by atoms with Crippen LogP contribution in [0.4, 0.5) is 13.2 Å². The zero-order chi connectivity index (χ0) is 8.32. The Morgan fingerprint density at radius 1 is 1.00 bits per heavy atom. The molecule has 0 aliphatic carbocycles. The molecule has 0 atom stereocenters. The van der Waals surface area contributed by atoms with Crippen molar-refractivity contribution in [1.82, 2.24) is 0 Å². The third-order valence-electron chi connectivity index (χ3n) is 0.949. The topological polar surface area (TPSA) is 0 Å². The van der Waals surface area contributed by atoms with Crippen LogP contribution >= 0.6 is 0 Å². The Balaban J connectivity index is 2.66. The van der Waals surface area contributed by atoms with Gasteiger partial charge in [0.25, 0.3) is 0 Å². The molecule has 0 nitrogen and oxygen atoms in total. The third-order valence-corrected chi connectivity index (χ3v) is 2.90. The van der Waals surface area contributed by atoms with Crippen LogP contribution in [0.5, 0.6) is 0 Å². The molecular weight excluding hydrogens is 268 g/mol. The van der Waals surface area contributed by atoms with Crippen LogP contribution in [0, 0.1) is 3.57 Å². The molecule has 0 spiro atoms. The highest BCUT2D eigenvalue weighted by Gasteiger charge is 2.47. The van der Waals surface area contributed by atoms with Crippen molar-refractivity contribution in [1.29, 1.82) is 0 Å². The van der Waals surface area contributed by atoms with E-state index in [0.717, 1.165) is 0 Å². The van der Waals surface area contributed by atoms with Gasteiger partial charge in [0, 0.05) is 0 Å². The van der Waals surface area contributed by atoms with E-state index in [2.05, 4.69) is 0 Å². The fourth-order valence-electron chi connectivity index (χ4n) is 0.601. The quantitative estimate of drug-likeness (QED) is 0.476. The van der Waals surface area contributed by atoms with E-state index in [4.69, 9.17) is 0 Å². The smallest absolute Gasteiger partial charge is 0.125 e. The minimum atomic E-state index is -3.99. The van der Waals surface area contributed by atoms with Crippen LogP contribution in [0.3, 0.4) is 0 Å². The molecule has 0 heterocycles. The standard InChI is InChI=1S/C7H5F3I/c8-7(9,10)11-6-4-2-1-3-5-6/h1-5H/q+1. The van der Waals surface area contributed by atoms with E-state index >= 15 is 0 Å². The molecule has 0 aromatic heterocycles. The molecule has 60 valence electrons. The second kappa shape index (κ2) is 3.42. The van der Waals surface area contributed by atoms with Gasteiger partial charge in [-0.2, -0.15) is 0 Å². The second-order valence-electron chi connectivity index (χ2n) is 1.82. The van der Waals surface area contributed by atoms with Crippen molar-refractivity contribution in [2.75, 3.05) is 0 Å². The Bertz CT molecular complexity index is 217. The summed E-state index contributed by atoms with van der Waals surface area (Å²) in [6.07, 6.45) is 0. The third kappa shape index (κ3) is 3.60. The Labute approximate surface area is 72.7 Å². The Morgan fingerprint density at radius 2 is 1.55 bits per heavy atom. The molecule has 0 amide bonds. The molecule has 0 unspecified atom stereocenters. The van der Waals surface area contributed by atoms with Crippen molar-refractivity contribution in [2.45, 2.75) is 4.18 Å². The molecule has 11 heavy (non-hydrogen) atoms. The number of halogens is 4. The monoisotopic (exact) mass is 273 g/mol. The van der Waals surface area contributed by atoms with Gasteiger partial charge in [-0.25, -0.2) is 0 Å². The lowest BCUT2D eigenvalue weighted by atomic mass is 10.4. The van der Waals surface area contributed by atoms with E-state index in [9.17, 15) is 13.2 Å². The summed E-state index contributed by atoms with van der Waals surface area (Å²) in [5, 5.41) is 0. The van der Waals surface area contributed by atoms with Crippen LogP contribution in [-0.2, 0) is 0 Å². The van der Waals surface area contributed by atoms with Gasteiger partial charge in [0.2, 0.25) is 0 Å². The van der Waals surface area contributed by atoms with Crippen molar-refractivity contribution >= 4 is 0 Å². The van der Waals surface area contributed by atoms with E-state index in [0.29, 0.717) is 3.57 Å². The lowest BCUT2D eigenvalue weighted by Crippen LogP contribution is -3.67. The average Bonchev–Trinajstić information content (AvgIpc) is 1.85. The summed E-state index contributed by atoms with van der Waals surface area (Å²) < 4.78 is 31.8. The molecule has 0 bridgehead atoms. The first-order valence-corrected chi connectivity index (χ1v) is 5.01. The maximum Gasteiger partial charge on any atom is 0.609 e. The summed E-state index contributed by atoms with van der Waals surface area (Å²) >= 11 is -1.82. The van der Waals surface area contributed by atoms with E-state index in [1.165, 1.54) is 12.1 Å². The van der Waals surface area contributed by atoms with Crippen LogP contribution in [-0.4, -0.2) is 4.18 Å².